The van der Waals surface area contributed by atoms with Crippen molar-refractivity contribution in [3.05, 3.63) is 48.2 Å². The molecule has 2 N–H and O–H groups in total. The Morgan fingerprint density at radius 2 is 1.68 bits per heavy atom. The van der Waals surface area contributed by atoms with Gasteiger partial charge in [0, 0.05) is 17.0 Å². The molecule has 22 heavy (non-hydrogen) atoms. The Morgan fingerprint density at radius 3 is 2.27 bits per heavy atom. The minimum Gasteiger partial charge on any atom is -0.493 e. The summed E-state index contributed by atoms with van der Waals surface area (Å²) in [5.74, 6) is 0.101. The van der Waals surface area contributed by atoms with Crippen LogP contribution in [-0.4, -0.2) is 30.3 Å². The van der Waals surface area contributed by atoms with E-state index in [-0.39, 0.29) is 5.69 Å². The van der Waals surface area contributed by atoms with E-state index in [0.29, 0.717) is 22.6 Å². The highest BCUT2D eigenvalue weighted by Crippen LogP contribution is 2.39. The van der Waals surface area contributed by atoms with Crippen molar-refractivity contribution < 1.29 is 19.4 Å². The first-order chi connectivity index (χ1) is 10.7. The summed E-state index contributed by atoms with van der Waals surface area (Å²) in [4.78, 5) is 14.5. The topological polar surface area (TPSA) is 71.6 Å². The predicted octanol–water partition coefficient (Wildman–Crippen LogP) is 3.55. The molecule has 0 amide bonds. The normalized spacial score (nSPS) is 10.6. The quantitative estimate of drug-likeness (QED) is 0.772. The number of aromatic nitrogens is 1. The molecule has 3 aromatic rings. The Kier molecular flexibility index (Phi) is 3.47. The molecule has 1 heterocycles. The number of methoxy groups -OCH3 is 2. The minimum atomic E-state index is -1.01. The van der Waals surface area contributed by atoms with Crippen LogP contribution in [0.1, 0.15) is 10.5 Å². The highest BCUT2D eigenvalue weighted by Gasteiger charge is 2.20. The highest BCUT2D eigenvalue weighted by atomic mass is 16.5. The van der Waals surface area contributed by atoms with Gasteiger partial charge in [-0.15, -0.1) is 0 Å². The maximum Gasteiger partial charge on any atom is 0.352 e. The van der Waals surface area contributed by atoms with E-state index in [0.717, 1.165) is 10.9 Å². The number of nitrogens with one attached hydrogen (secondary N) is 1. The lowest BCUT2D eigenvalue weighted by molar-refractivity contribution is 0.0692. The first kappa shape index (κ1) is 14.0. The number of H-pyrrole nitrogens is 1. The molecule has 5 nitrogen and oxygen atoms in total. The van der Waals surface area contributed by atoms with Crippen molar-refractivity contribution in [3.8, 4) is 22.6 Å². The molecule has 0 bridgehead atoms. The Hall–Kier alpha value is -2.95. The van der Waals surface area contributed by atoms with E-state index >= 15 is 0 Å². The molecule has 5 heteroatoms. The largest absolute Gasteiger partial charge is 0.493 e. The fourth-order valence-corrected chi connectivity index (χ4v) is 2.59. The molecule has 0 spiro atoms. The second kappa shape index (κ2) is 5.44. The average Bonchev–Trinajstić information content (AvgIpc) is 2.92. The summed E-state index contributed by atoms with van der Waals surface area (Å²) in [6.07, 6.45) is 0. The molecule has 0 saturated heterocycles. The number of fused-ring (bicyclic) bond motifs is 1. The van der Waals surface area contributed by atoms with Crippen LogP contribution in [-0.2, 0) is 0 Å². The van der Waals surface area contributed by atoms with Gasteiger partial charge >= 0.3 is 5.97 Å². The maximum absolute atomic E-state index is 11.6. The molecular formula is C17H15NO4. The second-order valence-corrected chi connectivity index (χ2v) is 4.80. The van der Waals surface area contributed by atoms with Gasteiger partial charge in [0.1, 0.15) is 5.69 Å². The minimum absolute atomic E-state index is 0.150. The van der Waals surface area contributed by atoms with Gasteiger partial charge in [-0.3, -0.25) is 0 Å². The first-order valence-electron chi connectivity index (χ1n) is 6.72. The van der Waals surface area contributed by atoms with Crippen molar-refractivity contribution in [3.63, 3.8) is 0 Å². The summed E-state index contributed by atoms with van der Waals surface area (Å²) in [5, 5.41) is 10.3. The van der Waals surface area contributed by atoms with Gasteiger partial charge in [0.05, 0.1) is 19.7 Å². The molecule has 1 aromatic heterocycles. The Bertz CT molecular complexity index is 837. The van der Waals surface area contributed by atoms with Crippen molar-refractivity contribution in [2.24, 2.45) is 0 Å². The molecule has 0 saturated carbocycles. The fraction of sp³-hybridized carbons (Fsp3) is 0.118. The van der Waals surface area contributed by atoms with Crippen LogP contribution in [0, 0.1) is 0 Å². The molecule has 0 aliphatic carbocycles. The zero-order chi connectivity index (χ0) is 15.7. The average molecular weight is 297 g/mol. The Labute approximate surface area is 127 Å². The van der Waals surface area contributed by atoms with E-state index in [1.807, 2.05) is 30.3 Å². The van der Waals surface area contributed by atoms with E-state index in [2.05, 4.69) is 4.98 Å². The van der Waals surface area contributed by atoms with Crippen molar-refractivity contribution in [2.45, 2.75) is 0 Å². The summed E-state index contributed by atoms with van der Waals surface area (Å²) in [6.45, 7) is 0. The standard InChI is InChI=1S/C17H15NO4/c1-21-13-8-11-12(9-14(13)22-2)18-16(17(19)20)15(11)10-6-4-3-5-7-10/h3-9,18H,1-2H3,(H,19,20). The van der Waals surface area contributed by atoms with E-state index in [1.165, 1.54) is 0 Å². The number of carboxylic acids is 1. The van der Waals surface area contributed by atoms with Gasteiger partial charge in [0.2, 0.25) is 0 Å². The van der Waals surface area contributed by atoms with Crippen LogP contribution in [0.4, 0.5) is 0 Å². The lowest BCUT2D eigenvalue weighted by atomic mass is 10.0. The van der Waals surface area contributed by atoms with E-state index < -0.39 is 5.97 Å². The van der Waals surface area contributed by atoms with Crippen molar-refractivity contribution >= 4 is 16.9 Å². The Balaban J connectivity index is 2.37. The van der Waals surface area contributed by atoms with Gasteiger partial charge in [-0.05, 0) is 11.6 Å². The van der Waals surface area contributed by atoms with Crippen LogP contribution >= 0.6 is 0 Å². The molecule has 112 valence electrons. The summed E-state index contributed by atoms with van der Waals surface area (Å²) < 4.78 is 10.6. The highest BCUT2D eigenvalue weighted by molar-refractivity contribution is 6.08. The molecule has 0 atom stereocenters. The number of aromatic carboxylic acids is 1. The van der Waals surface area contributed by atoms with Crippen molar-refractivity contribution in [1.29, 1.82) is 0 Å². The fourth-order valence-electron chi connectivity index (χ4n) is 2.59. The zero-order valence-corrected chi connectivity index (χ0v) is 12.2. The first-order valence-corrected chi connectivity index (χ1v) is 6.72. The van der Waals surface area contributed by atoms with Crippen LogP contribution in [0.5, 0.6) is 11.5 Å². The number of carboxylic acid groups (broad SMARTS) is 1. The predicted molar refractivity (Wildman–Crippen MR) is 83.8 cm³/mol. The number of aromatic amines is 1. The molecule has 0 unspecified atom stereocenters. The van der Waals surface area contributed by atoms with Gasteiger partial charge in [0.15, 0.2) is 11.5 Å². The van der Waals surface area contributed by atoms with Crippen molar-refractivity contribution in [2.75, 3.05) is 14.2 Å². The summed E-state index contributed by atoms with van der Waals surface area (Å²) in [5.41, 5.74) is 2.31. The van der Waals surface area contributed by atoms with Gasteiger partial charge in [-0.1, -0.05) is 30.3 Å². The third-order valence-electron chi connectivity index (χ3n) is 3.58. The van der Waals surface area contributed by atoms with Crippen LogP contribution in [0.15, 0.2) is 42.5 Å². The number of hydrogen-bond donors (Lipinski definition) is 2. The van der Waals surface area contributed by atoms with Crippen LogP contribution in [0.2, 0.25) is 0 Å². The van der Waals surface area contributed by atoms with E-state index in [1.54, 1.807) is 26.4 Å². The molecule has 0 fully saturated rings. The molecule has 0 aliphatic rings. The third kappa shape index (κ3) is 2.16. The molecule has 0 radical (unpaired) electrons. The van der Waals surface area contributed by atoms with Gasteiger partial charge in [-0.2, -0.15) is 0 Å². The van der Waals surface area contributed by atoms with Gasteiger partial charge in [0.25, 0.3) is 0 Å². The van der Waals surface area contributed by atoms with E-state index in [4.69, 9.17) is 9.47 Å². The lowest BCUT2D eigenvalue weighted by Gasteiger charge is -2.08. The Morgan fingerprint density at radius 1 is 1.05 bits per heavy atom. The summed E-state index contributed by atoms with van der Waals surface area (Å²) >= 11 is 0. The maximum atomic E-state index is 11.6. The van der Waals surface area contributed by atoms with Crippen LogP contribution < -0.4 is 9.47 Å². The molecule has 2 aromatic carbocycles. The molecular weight excluding hydrogens is 282 g/mol. The smallest absolute Gasteiger partial charge is 0.352 e. The zero-order valence-electron chi connectivity index (χ0n) is 12.2. The number of carbonyl (C=O) groups is 1. The van der Waals surface area contributed by atoms with Crippen LogP contribution in [0.25, 0.3) is 22.0 Å². The number of rotatable bonds is 4. The summed E-state index contributed by atoms with van der Waals surface area (Å²) in [6, 6.07) is 12.9. The van der Waals surface area contributed by atoms with Crippen LogP contribution in [0.3, 0.4) is 0 Å². The number of ether oxygens (including phenoxy) is 2. The SMILES string of the molecule is COc1cc2[nH]c(C(=O)O)c(-c3ccccc3)c2cc1OC. The monoisotopic (exact) mass is 297 g/mol. The summed E-state index contributed by atoms with van der Waals surface area (Å²) in [7, 11) is 3.10. The second-order valence-electron chi connectivity index (χ2n) is 4.80. The van der Waals surface area contributed by atoms with Gasteiger partial charge in [-0.25, -0.2) is 4.79 Å². The van der Waals surface area contributed by atoms with Crippen molar-refractivity contribution in [1.82, 2.24) is 4.98 Å². The number of benzene rings is 2. The lowest BCUT2D eigenvalue weighted by Crippen LogP contribution is -1.98. The number of hydrogen-bond acceptors (Lipinski definition) is 3. The third-order valence-corrected chi connectivity index (χ3v) is 3.58. The van der Waals surface area contributed by atoms with Gasteiger partial charge < -0.3 is 19.6 Å². The van der Waals surface area contributed by atoms with E-state index in [9.17, 15) is 9.90 Å². The molecule has 0 aliphatic heterocycles. The molecule has 3 rings (SSSR count).